The van der Waals surface area contributed by atoms with Gasteiger partial charge in [-0.1, -0.05) is 12.1 Å². The molecule has 2 nitrogen and oxygen atoms in total. The Morgan fingerprint density at radius 2 is 2.36 bits per heavy atom. The first-order chi connectivity index (χ1) is 5.36. The summed E-state index contributed by atoms with van der Waals surface area (Å²) in [4.78, 5) is 3.81. The van der Waals surface area contributed by atoms with Crippen LogP contribution in [0, 0.1) is 0 Å². The number of nitrogens with zero attached hydrogens (tertiary/aromatic N) is 1. The summed E-state index contributed by atoms with van der Waals surface area (Å²) in [7, 11) is 1.67. The van der Waals surface area contributed by atoms with E-state index in [0.29, 0.717) is 6.61 Å². The van der Waals surface area contributed by atoms with Gasteiger partial charge in [0.25, 0.3) is 0 Å². The second-order valence-electron chi connectivity index (χ2n) is 2.26. The Kier molecular flexibility index (Phi) is 2.81. The first-order valence-corrected chi connectivity index (χ1v) is 3.41. The number of benzene rings is 1. The Bertz CT molecular complexity index is 245. The van der Waals surface area contributed by atoms with Crippen LogP contribution in [0.1, 0.15) is 5.56 Å². The van der Waals surface area contributed by atoms with Gasteiger partial charge in [0.1, 0.15) is 0 Å². The number of methoxy groups -OCH3 is 1. The minimum Gasteiger partial charge on any atom is -0.380 e. The number of hydrogen-bond acceptors (Lipinski definition) is 2. The molecule has 0 aliphatic heterocycles. The molecule has 0 spiro atoms. The highest BCUT2D eigenvalue weighted by Gasteiger charge is 1.91. The fraction of sp³-hybridized carbons (Fsp3) is 0.222. The molecule has 0 fully saturated rings. The number of ether oxygens (including phenoxy) is 1. The van der Waals surface area contributed by atoms with Crippen LogP contribution in [0.3, 0.4) is 0 Å². The molecule has 58 valence electrons. The number of aliphatic imine (C=N–C) groups is 1. The van der Waals surface area contributed by atoms with Crippen LogP contribution >= 0.6 is 0 Å². The molecule has 0 aliphatic rings. The zero-order valence-electron chi connectivity index (χ0n) is 6.58. The molecule has 0 aliphatic carbocycles. The van der Waals surface area contributed by atoms with Gasteiger partial charge in [-0.05, 0) is 24.4 Å². The van der Waals surface area contributed by atoms with Gasteiger partial charge < -0.3 is 4.74 Å². The Labute approximate surface area is 66.5 Å². The second-order valence-corrected chi connectivity index (χ2v) is 2.26. The zero-order chi connectivity index (χ0) is 8.10. The molecule has 0 amide bonds. The Hall–Kier alpha value is -1.15. The van der Waals surface area contributed by atoms with Crippen LogP contribution in [0.25, 0.3) is 0 Å². The summed E-state index contributed by atoms with van der Waals surface area (Å²) < 4.78 is 4.97. The highest BCUT2D eigenvalue weighted by molar-refractivity contribution is 5.46. The van der Waals surface area contributed by atoms with Crippen molar-refractivity contribution in [3.8, 4) is 0 Å². The Balaban J connectivity index is 2.82. The maximum absolute atomic E-state index is 4.97. The lowest BCUT2D eigenvalue weighted by Gasteiger charge is -1.99. The third-order valence-corrected chi connectivity index (χ3v) is 1.40. The van der Waals surface area contributed by atoms with E-state index in [1.54, 1.807) is 7.11 Å². The average molecular weight is 149 g/mol. The summed E-state index contributed by atoms with van der Waals surface area (Å²) in [5, 5.41) is 0. The average Bonchev–Trinajstić information content (AvgIpc) is 2.06. The largest absolute Gasteiger partial charge is 0.380 e. The van der Waals surface area contributed by atoms with Crippen molar-refractivity contribution in [1.82, 2.24) is 0 Å². The first-order valence-electron chi connectivity index (χ1n) is 3.41. The third-order valence-electron chi connectivity index (χ3n) is 1.40. The van der Waals surface area contributed by atoms with E-state index in [1.165, 1.54) is 0 Å². The highest BCUT2D eigenvalue weighted by Crippen LogP contribution is 2.13. The maximum atomic E-state index is 4.97. The molecule has 2 heteroatoms. The van der Waals surface area contributed by atoms with E-state index < -0.39 is 0 Å². The van der Waals surface area contributed by atoms with Crippen molar-refractivity contribution < 1.29 is 4.74 Å². The highest BCUT2D eigenvalue weighted by atomic mass is 16.5. The Morgan fingerprint density at radius 1 is 1.55 bits per heavy atom. The van der Waals surface area contributed by atoms with Gasteiger partial charge in [-0.3, -0.25) is 4.99 Å². The molecule has 0 aromatic heterocycles. The monoisotopic (exact) mass is 149 g/mol. The minimum atomic E-state index is 0.628. The predicted octanol–water partition coefficient (Wildman–Crippen LogP) is 2.17. The standard InChI is InChI=1S/C9H11NO/c1-10-9-5-3-4-8(6-9)7-11-2/h3-6H,1,7H2,2H3. The van der Waals surface area contributed by atoms with Gasteiger partial charge in [0, 0.05) is 7.11 Å². The van der Waals surface area contributed by atoms with Crippen molar-refractivity contribution in [3.05, 3.63) is 29.8 Å². The molecule has 0 radical (unpaired) electrons. The molecule has 0 saturated carbocycles. The molecule has 0 N–H and O–H groups in total. The molecular weight excluding hydrogens is 138 g/mol. The summed E-state index contributed by atoms with van der Waals surface area (Å²) in [5.74, 6) is 0. The molecule has 0 bridgehead atoms. The summed E-state index contributed by atoms with van der Waals surface area (Å²) in [5.41, 5.74) is 2.01. The van der Waals surface area contributed by atoms with E-state index in [2.05, 4.69) is 11.7 Å². The van der Waals surface area contributed by atoms with Gasteiger partial charge in [0.15, 0.2) is 0 Å². The summed E-state index contributed by atoms with van der Waals surface area (Å²) in [6.07, 6.45) is 0. The van der Waals surface area contributed by atoms with Crippen molar-refractivity contribution in [1.29, 1.82) is 0 Å². The van der Waals surface area contributed by atoms with Gasteiger partial charge in [0.05, 0.1) is 12.3 Å². The molecule has 11 heavy (non-hydrogen) atoms. The van der Waals surface area contributed by atoms with Crippen molar-refractivity contribution in [3.63, 3.8) is 0 Å². The van der Waals surface area contributed by atoms with E-state index in [-0.39, 0.29) is 0 Å². The molecule has 0 unspecified atom stereocenters. The molecule has 1 aromatic rings. The van der Waals surface area contributed by atoms with Crippen LogP contribution in [-0.4, -0.2) is 13.8 Å². The Morgan fingerprint density at radius 3 is 3.00 bits per heavy atom. The van der Waals surface area contributed by atoms with E-state index in [4.69, 9.17) is 4.74 Å². The molecule has 0 saturated heterocycles. The first kappa shape index (κ1) is 7.95. The fourth-order valence-electron chi connectivity index (χ4n) is 0.911. The van der Waals surface area contributed by atoms with Crippen LogP contribution in [0.2, 0.25) is 0 Å². The molecular formula is C9H11NO. The summed E-state index contributed by atoms with van der Waals surface area (Å²) >= 11 is 0. The van der Waals surface area contributed by atoms with E-state index in [0.717, 1.165) is 11.3 Å². The lowest BCUT2D eigenvalue weighted by Crippen LogP contribution is -1.85. The topological polar surface area (TPSA) is 21.6 Å². The van der Waals surface area contributed by atoms with Gasteiger partial charge in [-0.2, -0.15) is 0 Å². The van der Waals surface area contributed by atoms with Crippen molar-refractivity contribution in [2.45, 2.75) is 6.61 Å². The van der Waals surface area contributed by atoms with Gasteiger partial charge in [0.2, 0.25) is 0 Å². The van der Waals surface area contributed by atoms with Gasteiger partial charge in [-0.15, -0.1) is 0 Å². The van der Waals surface area contributed by atoms with Gasteiger partial charge >= 0.3 is 0 Å². The van der Waals surface area contributed by atoms with Crippen LogP contribution in [-0.2, 0) is 11.3 Å². The molecule has 0 heterocycles. The predicted molar refractivity (Wildman–Crippen MR) is 46.4 cm³/mol. The second kappa shape index (κ2) is 3.88. The SMILES string of the molecule is C=Nc1cccc(COC)c1. The third kappa shape index (κ3) is 2.16. The van der Waals surface area contributed by atoms with Crippen LogP contribution in [0.5, 0.6) is 0 Å². The number of rotatable bonds is 3. The zero-order valence-corrected chi connectivity index (χ0v) is 6.58. The fourth-order valence-corrected chi connectivity index (χ4v) is 0.911. The van der Waals surface area contributed by atoms with E-state index >= 15 is 0 Å². The quantitative estimate of drug-likeness (QED) is 0.603. The van der Waals surface area contributed by atoms with Gasteiger partial charge in [-0.25, -0.2) is 0 Å². The normalized spacial score (nSPS) is 9.55. The molecule has 1 aromatic carbocycles. The lowest BCUT2D eigenvalue weighted by molar-refractivity contribution is 0.185. The van der Waals surface area contributed by atoms with E-state index in [1.807, 2.05) is 24.3 Å². The molecule has 0 atom stereocenters. The smallest absolute Gasteiger partial charge is 0.0713 e. The minimum absolute atomic E-state index is 0.628. The molecule has 1 rings (SSSR count). The van der Waals surface area contributed by atoms with Crippen molar-refractivity contribution in [2.24, 2.45) is 4.99 Å². The maximum Gasteiger partial charge on any atom is 0.0713 e. The van der Waals surface area contributed by atoms with Crippen molar-refractivity contribution >= 4 is 12.4 Å². The summed E-state index contributed by atoms with van der Waals surface area (Å²) in [6.45, 7) is 4.07. The van der Waals surface area contributed by atoms with Crippen LogP contribution in [0.15, 0.2) is 29.3 Å². The van der Waals surface area contributed by atoms with Crippen LogP contribution < -0.4 is 0 Å². The number of hydrogen-bond donors (Lipinski definition) is 0. The van der Waals surface area contributed by atoms with E-state index in [9.17, 15) is 0 Å². The van der Waals surface area contributed by atoms with Crippen molar-refractivity contribution in [2.75, 3.05) is 7.11 Å². The van der Waals surface area contributed by atoms with Crippen LogP contribution in [0.4, 0.5) is 5.69 Å². The summed E-state index contributed by atoms with van der Waals surface area (Å²) in [6, 6.07) is 7.80. The lowest BCUT2D eigenvalue weighted by atomic mass is 10.2.